The number of nitrogens with one attached hydrogen (secondary N) is 1. The summed E-state index contributed by atoms with van der Waals surface area (Å²) < 4.78 is 2.14. The number of rotatable bonds is 5. The summed E-state index contributed by atoms with van der Waals surface area (Å²) in [5.74, 6) is -0.324. The summed E-state index contributed by atoms with van der Waals surface area (Å²) in [5.41, 5.74) is 5.36. The van der Waals surface area contributed by atoms with Gasteiger partial charge in [0.1, 0.15) is 5.70 Å². The average molecular weight is 456 g/mol. The van der Waals surface area contributed by atoms with E-state index in [1.807, 2.05) is 85.9 Å². The van der Waals surface area contributed by atoms with Crippen molar-refractivity contribution in [3.63, 3.8) is 0 Å². The number of imide groups is 1. The van der Waals surface area contributed by atoms with Crippen molar-refractivity contribution in [2.45, 2.75) is 20.0 Å². The zero-order valence-corrected chi connectivity index (χ0v) is 18.8. The summed E-state index contributed by atoms with van der Waals surface area (Å²) in [7, 11) is 0. The van der Waals surface area contributed by atoms with Gasteiger partial charge in [0.15, 0.2) is 0 Å². The lowest BCUT2D eigenvalue weighted by Gasteiger charge is -2.11. The van der Waals surface area contributed by atoms with Crippen LogP contribution in [0.5, 0.6) is 0 Å². The SMILES string of the molecule is Cc1ccc(CN2C(=O)N/C(=C/c3cn(Cc4ccc(Cl)cc4)c4ccccc34)C2=O)cc1. The molecule has 164 valence electrons. The van der Waals surface area contributed by atoms with Crippen molar-refractivity contribution in [3.8, 4) is 0 Å². The molecule has 4 aromatic rings. The number of aryl methyl sites for hydroxylation is 1. The summed E-state index contributed by atoms with van der Waals surface area (Å²) in [6, 6.07) is 23.2. The molecule has 0 spiro atoms. The molecule has 0 aliphatic carbocycles. The molecule has 0 radical (unpaired) electrons. The molecule has 0 atom stereocenters. The first-order valence-corrected chi connectivity index (χ1v) is 11.1. The molecule has 5 rings (SSSR count). The second-order valence-electron chi connectivity index (χ2n) is 8.22. The number of halogens is 1. The standard InChI is InChI=1S/C27H22ClN3O2/c1-18-6-8-20(9-7-18)16-31-26(32)24(29-27(31)33)14-21-17-30(25-5-3-2-4-23(21)25)15-19-10-12-22(28)13-11-19/h2-14,17H,15-16H2,1H3,(H,29,33)/b24-14+. The average Bonchev–Trinajstić information content (AvgIpc) is 3.29. The molecule has 6 heteroatoms. The smallest absolute Gasteiger partial charge is 0.329 e. The van der Waals surface area contributed by atoms with Crippen LogP contribution in [0.3, 0.4) is 0 Å². The number of amides is 3. The third kappa shape index (κ3) is 4.28. The molecule has 0 bridgehead atoms. The van der Waals surface area contributed by atoms with E-state index in [-0.39, 0.29) is 18.1 Å². The predicted molar refractivity (Wildman–Crippen MR) is 131 cm³/mol. The fraction of sp³-hybridized carbons (Fsp3) is 0.111. The Kier molecular flexibility index (Phi) is 5.48. The predicted octanol–water partition coefficient (Wildman–Crippen LogP) is 5.74. The van der Waals surface area contributed by atoms with E-state index in [2.05, 4.69) is 9.88 Å². The lowest BCUT2D eigenvalue weighted by atomic mass is 10.1. The van der Waals surface area contributed by atoms with E-state index in [1.54, 1.807) is 6.08 Å². The van der Waals surface area contributed by atoms with Crippen molar-refractivity contribution in [3.05, 3.63) is 112 Å². The van der Waals surface area contributed by atoms with E-state index in [1.165, 1.54) is 4.90 Å². The largest absolute Gasteiger partial charge is 0.342 e. The Bertz CT molecular complexity index is 1390. The van der Waals surface area contributed by atoms with Crippen LogP contribution in [0, 0.1) is 6.92 Å². The Morgan fingerprint density at radius 3 is 2.30 bits per heavy atom. The normalized spacial score (nSPS) is 15.0. The molecule has 3 aromatic carbocycles. The molecule has 1 aromatic heterocycles. The fourth-order valence-corrected chi connectivity index (χ4v) is 4.18. The van der Waals surface area contributed by atoms with Gasteiger partial charge in [-0.25, -0.2) is 4.79 Å². The van der Waals surface area contributed by atoms with Gasteiger partial charge in [0.2, 0.25) is 0 Å². The van der Waals surface area contributed by atoms with Gasteiger partial charge >= 0.3 is 6.03 Å². The molecule has 2 heterocycles. The quantitative estimate of drug-likeness (QED) is 0.308. The first-order chi connectivity index (χ1) is 16.0. The van der Waals surface area contributed by atoms with E-state index in [0.29, 0.717) is 11.6 Å². The highest BCUT2D eigenvalue weighted by molar-refractivity contribution is 6.30. The molecule has 0 unspecified atom stereocenters. The van der Waals surface area contributed by atoms with Crippen molar-refractivity contribution in [2.24, 2.45) is 0 Å². The summed E-state index contributed by atoms with van der Waals surface area (Å²) in [5, 5.41) is 4.45. The number of carbonyl (C=O) groups is 2. The molecule has 1 N–H and O–H groups in total. The van der Waals surface area contributed by atoms with Crippen molar-refractivity contribution < 1.29 is 9.59 Å². The molecule has 1 aliphatic rings. The van der Waals surface area contributed by atoms with Crippen molar-refractivity contribution in [1.82, 2.24) is 14.8 Å². The van der Waals surface area contributed by atoms with Crippen molar-refractivity contribution in [1.29, 1.82) is 0 Å². The van der Waals surface area contributed by atoms with Crippen LogP contribution >= 0.6 is 11.6 Å². The number of para-hydroxylation sites is 1. The number of benzene rings is 3. The van der Waals surface area contributed by atoms with Crippen LogP contribution in [0.2, 0.25) is 5.02 Å². The van der Waals surface area contributed by atoms with Gasteiger partial charge in [0.05, 0.1) is 6.54 Å². The summed E-state index contributed by atoms with van der Waals surface area (Å²) in [6.07, 6.45) is 3.77. The zero-order chi connectivity index (χ0) is 22.9. The number of hydrogen-bond donors (Lipinski definition) is 1. The van der Waals surface area contributed by atoms with Gasteiger partial charge in [-0.1, -0.05) is 71.8 Å². The van der Waals surface area contributed by atoms with Crippen molar-refractivity contribution in [2.75, 3.05) is 0 Å². The highest BCUT2D eigenvalue weighted by Crippen LogP contribution is 2.26. The number of nitrogens with zero attached hydrogens (tertiary/aromatic N) is 2. The van der Waals surface area contributed by atoms with E-state index >= 15 is 0 Å². The number of hydrogen-bond acceptors (Lipinski definition) is 2. The third-order valence-electron chi connectivity index (χ3n) is 5.81. The van der Waals surface area contributed by atoms with Gasteiger partial charge in [-0.05, 0) is 42.3 Å². The first-order valence-electron chi connectivity index (χ1n) is 10.7. The topological polar surface area (TPSA) is 54.3 Å². The Hall–Kier alpha value is -3.83. The zero-order valence-electron chi connectivity index (χ0n) is 18.1. The van der Waals surface area contributed by atoms with Crippen LogP contribution in [0.1, 0.15) is 22.3 Å². The first kappa shape index (κ1) is 21.0. The number of aromatic nitrogens is 1. The molecule has 0 saturated carbocycles. The van der Waals surface area contributed by atoms with Crippen LogP contribution in [-0.2, 0) is 17.9 Å². The Morgan fingerprint density at radius 2 is 1.55 bits per heavy atom. The van der Waals surface area contributed by atoms with Crippen LogP contribution in [0.4, 0.5) is 4.79 Å². The van der Waals surface area contributed by atoms with E-state index in [9.17, 15) is 9.59 Å². The summed E-state index contributed by atoms with van der Waals surface area (Å²) in [6.45, 7) is 2.91. The molecular formula is C27H22ClN3O2. The second kappa shape index (κ2) is 8.60. The maximum Gasteiger partial charge on any atom is 0.329 e. The van der Waals surface area contributed by atoms with Gasteiger partial charge in [0.25, 0.3) is 5.91 Å². The summed E-state index contributed by atoms with van der Waals surface area (Å²) >= 11 is 6.02. The molecular weight excluding hydrogens is 434 g/mol. The van der Waals surface area contributed by atoms with Gasteiger partial charge in [-0.15, -0.1) is 0 Å². The minimum atomic E-state index is -0.406. The maximum absolute atomic E-state index is 13.0. The fourth-order valence-electron chi connectivity index (χ4n) is 4.05. The lowest BCUT2D eigenvalue weighted by molar-refractivity contribution is -0.123. The Morgan fingerprint density at radius 1 is 0.879 bits per heavy atom. The Labute approximate surface area is 196 Å². The Balaban J connectivity index is 1.45. The molecule has 1 fully saturated rings. The highest BCUT2D eigenvalue weighted by atomic mass is 35.5. The van der Waals surface area contributed by atoms with Gasteiger partial charge in [-0.3, -0.25) is 9.69 Å². The molecule has 1 aliphatic heterocycles. The van der Waals surface area contributed by atoms with Gasteiger partial charge in [0, 0.05) is 34.2 Å². The number of urea groups is 1. The number of fused-ring (bicyclic) bond motifs is 1. The van der Waals surface area contributed by atoms with Crippen LogP contribution in [0.25, 0.3) is 17.0 Å². The molecule has 33 heavy (non-hydrogen) atoms. The summed E-state index contributed by atoms with van der Waals surface area (Å²) in [4.78, 5) is 26.8. The van der Waals surface area contributed by atoms with Crippen LogP contribution in [-0.4, -0.2) is 21.4 Å². The minimum Gasteiger partial charge on any atom is -0.342 e. The highest BCUT2D eigenvalue weighted by Gasteiger charge is 2.33. The maximum atomic E-state index is 13.0. The molecule has 1 saturated heterocycles. The number of carbonyl (C=O) groups excluding carboxylic acids is 2. The minimum absolute atomic E-state index is 0.237. The van der Waals surface area contributed by atoms with Gasteiger partial charge in [-0.2, -0.15) is 0 Å². The third-order valence-corrected chi connectivity index (χ3v) is 6.06. The van der Waals surface area contributed by atoms with Crippen LogP contribution < -0.4 is 5.32 Å². The van der Waals surface area contributed by atoms with E-state index in [0.717, 1.165) is 33.2 Å². The van der Waals surface area contributed by atoms with E-state index < -0.39 is 6.03 Å². The molecule has 3 amide bonds. The van der Waals surface area contributed by atoms with E-state index in [4.69, 9.17) is 11.6 Å². The van der Waals surface area contributed by atoms with Crippen molar-refractivity contribution >= 4 is 40.5 Å². The monoisotopic (exact) mass is 455 g/mol. The van der Waals surface area contributed by atoms with Gasteiger partial charge < -0.3 is 9.88 Å². The lowest BCUT2D eigenvalue weighted by Crippen LogP contribution is -2.30. The van der Waals surface area contributed by atoms with Crippen LogP contribution in [0.15, 0.2) is 84.7 Å². The second-order valence-corrected chi connectivity index (χ2v) is 8.66. The molecule has 5 nitrogen and oxygen atoms in total.